The van der Waals surface area contributed by atoms with Gasteiger partial charge in [0.15, 0.2) is 0 Å². The molecular weight excluding hydrogens is 392 g/mol. The Balaban J connectivity index is 1.57. The fraction of sp³-hybridized carbons (Fsp3) is 0.280. The van der Waals surface area contributed by atoms with Crippen LogP contribution < -0.4 is 5.32 Å². The smallest absolute Gasteiger partial charge is 0.223 e. The molecule has 0 spiro atoms. The number of nitrogens with zero attached hydrogens (tertiary/aromatic N) is 1. The first-order valence-electron chi connectivity index (χ1n) is 10.5. The van der Waals surface area contributed by atoms with Crippen LogP contribution in [0.4, 0.5) is 0 Å². The zero-order valence-corrected chi connectivity index (χ0v) is 17.3. The predicted octanol–water partition coefficient (Wildman–Crippen LogP) is 3.39. The molecule has 160 valence electrons. The van der Waals surface area contributed by atoms with Crippen molar-refractivity contribution < 1.29 is 19.4 Å². The molecule has 1 unspecified atom stereocenters. The van der Waals surface area contributed by atoms with E-state index in [2.05, 4.69) is 5.32 Å². The number of nitrogens with one attached hydrogen (secondary N) is 1. The first kappa shape index (κ1) is 20.9. The second kappa shape index (κ2) is 9.62. The van der Waals surface area contributed by atoms with E-state index in [0.717, 1.165) is 16.3 Å². The van der Waals surface area contributed by atoms with Crippen LogP contribution in [0.5, 0.6) is 5.75 Å². The minimum absolute atomic E-state index is 0.0391. The molecule has 3 aromatic rings. The maximum absolute atomic E-state index is 12.8. The Hall–Kier alpha value is -3.38. The summed E-state index contributed by atoms with van der Waals surface area (Å²) in [6, 6.07) is 20.3. The molecule has 0 radical (unpaired) electrons. The Morgan fingerprint density at radius 1 is 0.935 bits per heavy atom. The molecular formula is C25H26N2O4. The number of phenols is 1. The Labute approximate surface area is 181 Å². The number of hydrogen-bond donors (Lipinski definition) is 2. The molecule has 6 nitrogen and oxygen atoms in total. The molecule has 2 N–H and O–H groups in total. The molecule has 1 saturated heterocycles. The summed E-state index contributed by atoms with van der Waals surface area (Å²) < 4.78 is 5.28. The molecule has 1 atom stereocenters. The summed E-state index contributed by atoms with van der Waals surface area (Å²) in [6.07, 6.45) is 0.236. The number of phenolic OH excluding ortho intramolecular Hbond substituents is 1. The number of ether oxygens (including phenoxy) is 1. The molecule has 0 bridgehead atoms. The highest BCUT2D eigenvalue weighted by Crippen LogP contribution is 2.35. The van der Waals surface area contributed by atoms with Crippen molar-refractivity contribution in [2.75, 3.05) is 26.3 Å². The number of carbonyl (C=O) groups is 2. The van der Waals surface area contributed by atoms with Gasteiger partial charge in [-0.25, -0.2) is 0 Å². The van der Waals surface area contributed by atoms with Crippen LogP contribution in [0.15, 0.2) is 66.7 Å². The number of amides is 2. The standard InChI is InChI=1S/C25H26N2O4/c28-21-11-10-18-6-4-5-9-20(18)24(21)25(19-7-2-1-3-8-19)26-22(29)12-13-23(30)27-14-16-31-17-15-27/h1-11,25,28H,12-17H2,(H,26,29). The fourth-order valence-corrected chi connectivity index (χ4v) is 3.98. The fourth-order valence-electron chi connectivity index (χ4n) is 3.98. The van der Waals surface area contributed by atoms with Gasteiger partial charge >= 0.3 is 0 Å². The maximum atomic E-state index is 12.8. The predicted molar refractivity (Wildman–Crippen MR) is 119 cm³/mol. The van der Waals surface area contributed by atoms with Gasteiger partial charge in [-0.15, -0.1) is 0 Å². The third-order valence-electron chi connectivity index (χ3n) is 5.60. The lowest BCUT2D eigenvalue weighted by Crippen LogP contribution is -2.41. The topological polar surface area (TPSA) is 78.9 Å². The van der Waals surface area contributed by atoms with Gasteiger partial charge in [-0.1, -0.05) is 60.7 Å². The number of fused-ring (bicyclic) bond motifs is 1. The highest BCUT2D eigenvalue weighted by atomic mass is 16.5. The molecule has 1 fully saturated rings. The van der Waals surface area contributed by atoms with Crippen molar-refractivity contribution >= 4 is 22.6 Å². The molecule has 3 aromatic carbocycles. The average molecular weight is 418 g/mol. The molecule has 0 saturated carbocycles. The molecule has 0 aliphatic carbocycles. The summed E-state index contributed by atoms with van der Waals surface area (Å²) in [5, 5.41) is 15.6. The zero-order valence-electron chi connectivity index (χ0n) is 17.3. The van der Waals surface area contributed by atoms with Crippen LogP contribution in [0.1, 0.15) is 30.0 Å². The number of aromatic hydroxyl groups is 1. The van der Waals surface area contributed by atoms with Crippen LogP contribution in [-0.4, -0.2) is 48.1 Å². The van der Waals surface area contributed by atoms with Crippen molar-refractivity contribution in [3.05, 3.63) is 77.9 Å². The van der Waals surface area contributed by atoms with Crippen LogP contribution in [0.3, 0.4) is 0 Å². The Kier molecular flexibility index (Phi) is 6.48. The number of carbonyl (C=O) groups excluding carboxylic acids is 2. The molecule has 31 heavy (non-hydrogen) atoms. The second-order valence-electron chi connectivity index (χ2n) is 7.62. The minimum atomic E-state index is -0.529. The second-order valence-corrected chi connectivity index (χ2v) is 7.62. The Bertz CT molecular complexity index is 1060. The summed E-state index contributed by atoms with van der Waals surface area (Å²) in [4.78, 5) is 27.0. The Morgan fingerprint density at radius 2 is 1.65 bits per heavy atom. The highest BCUT2D eigenvalue weighted by Gasteiger charge is 2.23. The molecule has 1 aliphatic heterocycles. The Morgan fingerprint density at radius 3 is 2.42 bits per heavy atom. The number of benzene rings is 3. The zero-order chi connectivity index (χ0) is 21.6. The van der Waals surface area contributed by atoms with Crippen LogP contribution in [0.25, 0.3) is 10.8 Å². The van der Waals surface area contributed by atoms with Crippen LogP contribution in [-0.2, 0) is 14.3 Å². The number of hydrogen-bond acceptors (Lipinski definition) is 4. The van der Waals surface area contributed by atoms with Gasteiger partial charge < -0.3 is 20.1 Å². The first-order valence-corrected chi connectivity index (χ1v) is 10.5. The summed E-state index contributed by atoms with van der Waals surface area (Å²) >= 11 is 0. The third kappa shape index (κ3) is 4.86. The van der Waals surface area contributed by atoms with Crippen molar-refractivity contribution in [2.24, 2.45) is 0 Å². The van der Waals surface area contributed by atoms with Gasteiger partial charge in [0.05, 0.1) is 19.3 Å². The van der Waals surface area contributed by atoms with E-state index in [1.807, 2.05) is 60.7 Å². The van der Waals surface area contributed by atoms with Crippen LogP contribution in [0, 0.1) is 0 Å². The van der Waals surface area contributed by atoms with E-state index >= 15 is 0 Å². The lowest BCUT2D eigenvalue weighted by molar-refractivity contribution is -0.137. The molecule has 6 heteroatoms. The van der Waals surface area contributed by atoms with E-state index in [1.165, 1.54) is 0 Å². The van der Waals surface area contributed by atoms with E-state index in [4.69, 9.17) is 4.74 Å². The first-order chi connectivity index (χ1) is 15.1. The highest BCUT2D eigenvalue weighted by molar-refractivity contribution is 5.90. The number of rotatable bonds is 6. The van der Waals surface area contributed by atoms with Gasteiger partial charge in [0.1, 0.15) is 5.75 Å². The third-order valence-corrected chi connectivity index (χ3v) is 5.60. The van der Waals surface area contributed by atoms with Crippen molar-refractivity contribution in [1.82, 2.24) is 10.2 Å². The van der Waals surface area contributed by atoms with Crippen LogP contribution in [0.2, 0.25) is 0 Å². The minimum Gasteiger partial charge on any atom is -0.508 e. The van der Waals surface area contributed by atoms with Gasteiger partial charge in [-0.3, -0.25) is 9.59 Å². The summed E-state index contributed by atoms with van der Waals surface area (Å²) in [5.41, 5.74) is 1.51. The summed E-state index contributed by atoms with van der Waals surface area (Å²) in [7, 11) is 0. The lowest BCUT2D eigenvalue weighted by atomic mass is 9.92. The summed E-state index contributed by atoms with van der Waals surface area (Å²) in [5.74, 6) is -0.150. The average Bonchev–Trinajstić information content (AvgIpc) is 2.82. The summed E-state index contributed by atoms with van der Waals surface area (Å²) in [6.45, 7) is 2.21. The van der Waals surface area contributed by atoms with E-state index in [1.54, 1.807) is 11.0 Å². The molecule has 2 amide bonds. The molecule has 1 heterocycles. The monoisotopic (exact) mass is 418 g/mol. The van der Waals surface area contributed by atoms with Gasteiger partial charge in [0.25, 0.3) is 0 Å². The lowest BCUT2D eigenvalue weighted by Gasteiger charge is -2.27. The van der Waals surface area contributed by atoms with Crippen molar-refractivity contribution in [3.8, 4) is 5.75 Å². The normalized spacial score (nSPS) is 14.9. The largest absolute Gasteiger partial charge is 0.508 e. The molecule has 1 aliphatic rings. The van der Waals surface area contributed by atoms with E-state index in [-0.39, 0.29) is 30.4 Å². The number of morpholine rings is 1. The van der Waals surface area contributed by atoms with Gasteiger partial charge in [-0.2, -0.15) is 0 Å². The van der Waals surface area contributed by atoms with Gasteiger partial charge in [0.2, 0.25) is 11.8 Å². The van der Waals surface area contributed by atoms with Gasteiger partial charge in [0, 0.05) is 31.5 Å². The van der Waals surface area contributed by atoms with Crippen molar-refractivity contribution in [3.63, 3.8) is 0 Å². The van der Waals surface area contributed by atoms with Gasteiger partial charge in [-0.05, 0) is 22.4 Å². The maximum Gasteiger partial charge on any atom is 0.223 e. The molecule has 4 rings (SSSR count). The van der Waals surface area contributed by atoms with Crippen molar-refractivity contribution in [1.29, 1.82) is 0 Å². The van der Waals surface area contributed by atoms with E-state index in [9.17, 15) is 14.7 Å². The van der Waals surface area contributed by atoms with Crippen LogP contribution >= 0.6 is 0 Å². The van der Waals surface area contributed by atoms with E-state index in [0.29, 0.717) is 31.9 Å². The molecule has 0 aromatic heterocycles. The van der Waals surface area contributed by atoms with Crippen molar-refractivity contribution in [2.45, 2.75) is 18.9 Å². The van der Waals surface area contributed by atoms with E-state index < -0.39 is 6.04 Å². The SMILES string of the molecule is O=C(CCC(=O)N1CCOCC1)NC(c1ccccc1)c1c(O)ccc2ccccc12. The quantitative estimate of drug-likeness (QED) is 0.643.